The number of benzene rings is 2. The zero-order valence-corrected chi connectivity index (χ0v) is 13.1. The molecule has 0 saturated heterocycles. The molecule has 0 aliphatic carbocycles. The van der Waals surface area contributed by atoms with Gasteiger partial charge in [-0.1, -0.05) is 23.7 Å². The number of carboxylic acid groups (broad SMARTS) is 1. The van der Waals surface area contributed by atoms with Gasteiger partial charge in [0.1, 0.15) is 0 Å². The van der Waals surface area contributed by atoms with Gasteiger partial charge in [-0.2, -0.15) is 0 Å². The van der Waals surface area contributed by atoms with Gasteiger partial charge in [0.05, 0.1) is 11.1 Å². The lowest BCUT2D eigenvalue weighted by Gasteiger charge is -2.09. The summed E-state index contributed by atoms with van der Waals surface area (Å²) < 4.78 is 0. The highest BCUT2D eigenvalue weighted by Crippen LogP contribution is 2.17. The molecule has 2 rings (SSSR count). The van der Waals surface area contributed by atoms with Crippen molar-refractivity contribution < 1.29 is 19.5 Å². The summed E-state index contributed by atoms with van der Waals surface area (Å²) in [7, 11) is 0. The number of amides is 1. The lowest BCUT2D eigenvalue weighted by Crippen LogP contribution is -2.24. The average molecular weight is 332 g/mol. The molecule has 23 heavy (non-hydrogen) atoms. The largest absolute Gasteiger partial charge is 0.478 e. The minimum atomic E-state index is -1.01. The van der Waals surface area contributed by atoms with E-state index in [9.17, 15) is 14.4 Å². The smallest absolute Gasteiger partial charge is 0.335 e. The van der Waals surface area contributed by atoms with E-state index in [-0.39, 0.29) is 23.5 Å². The van der Waals surface area contributed by atoms with Crippen molar-refractivity contribution in [1.29, 1.82) is 0 Å². The third kappa shape index (κ3) is 4.17. The monoisotopic (exact) mass is 331 g/mol. The number of ketones is 1. The van der Waals surface area contributed by atoms with E-state index in [0.29, 0.717) is 10.6 Å². The molecule has 118 valence electrons. The van der Waals surface area contributed by atoms with Crippen LogP contribution in [0.3, 0.4) is 0 Å². The van der Waals surface area contributed by atoms with Gasteiger partial charge in [-0.15, -0.1) is 0 Å². The van der Waals surface area contributed by atoms with Crippen LogP contribution in [0.15, 0.2) is 42.5 Å². The Bertz CT molecular complexity index is 769. The van der Waals surface area contributed by atoms with Crippen molar-refractivity contribution in [2.24, 2.45) is 0 Å². The number of carbonyl (C=O) groups is 3. The summed E-state index contributed by atoms with van der Waals surface area (Å²) in [5, 5.41) is 11.9. The molecular weight excluding hydrogens is 318 g/mol. The van der Waals surface area contributed by atoms with Crippen LogP contribution >= 0.6 is 11.6 Å². The molecule has 6 heteroatoms. The van der Waals surface area contributed by atoms with Gasteiger partial charge in [0, 0.05) is 17.1 Å². The van der Waals surface area contributed by atoms with E-state index < -0.39 is 11.9 Å². The second-order valence-electron chi connectivity index (χ2n) is 4.93. The molecule has 0 bridgehead atoms. The first-order valence-electron chi connectivity index (χ1n) is 6.79. The molecule has 0 fully saturated rings. The number of aromatic carboxylic acids is 1. The quantitative estimate of drug-likeness (QED) is 0.824. The first kappa shape index (κ1) is 16.7. The molecular formula is C17H14ClNO4. The summed E-state index contributed by atoms with van der Waals surface area (Å²) >= 11 is 5.88. The van der Waals surface area contributed by atoms with Gasteiger partial charge in [-0.05, 0) is 42.8 Å². The molecule has 0 aliphatic rings. The molecule has 0 spiro atoms. The number of rotatable bonds is 5. The minimum Gasteiger partial charge on any atom is -0.478 e. The predicted molar refractivity (Wildman–Crippen MR) is 86.0 cm³/mol. The van der Waals surface area contributed by atoms with Crippen molar-refractivity contribution in [2.75, 3.05) is 0 Å². The Labute approximate surface area is 137 Å². The number of carboxylic acids is 1. The number of nitrogens with one attached hydrogen (secondary N) is 1. The second kappa shape index (κ2) is 7.07. The van der Waals surface area contributed by atoms with Crippen LogP contribution < -0.4 is 5.32 Å². The number of hydrogen-bond acceptors (Lipinski definition) is 3. The summed E-state index contributed by atoms with van der Waals surface area (Å²) in [5.74, 6) is -1.65. The van der Waals surface area contributed by atoms with Crippen molar-refractivity contribution in [3.05, 3.63) is 69.7 Å². The van der Waals surface area contributed by atoms with Crippen LogP contribution in [0.1, 0.15) is 43.6 Å². The summed E-state index contributed by atoms with van der Waals surface area (Å²) in [4.78, 5) is 34.6. The van der Waals surface area contributed by atoms with Crippen LogP contribution in [0, 0.1) is 0 Å². The highest BCUT2D eigenvalue weighted by Gasteiger charge is 2.15. The van der Waals surface area contributed by atoms with E-state index in [1.165, 1.54) is 31.2 Å². The molecule has 0 unspecified atom stereocenters. The molecule has 2 N–H and O–H groups in total. The fourth-order valence-electron chi connectivity index (χ4n) is 2.05. The van der Waals surface area contributed by atoms with Crippen molar-refractivity contribution in [2.45, 2.75) is 13.5 Å². The Hall–Kier alpha value is -2.66. The molecule has 2 aromatic rings. The molecule has 0 aliphatic heterocycles. The van der Waals surface area contributed by atoms with Crippen LogP contribution in [0.2, 0.25) is 5.02 Å². The molecule has 0 atom stereocenters. The number of carbonyl (C=O) groups excluding carboxylic acids is 2. The third-order valence-corrected chi connectivity index (χ3v) is 3.49. The van der Waals surface area contributed by atoms with E-state index >= 15 is 0 Å². The Morgan fingerprint density at radius 2 is 1.70 bits per heavy atom. The first-order valence-corrected chi connectivity index (χ1v) is 7.17. The minimum absolute atomic E-state index is 0.175. The van der Waals surface area contributed by atoms with Crippen LogP contribution in [0.4, 0.5) is 0 Å². The topological polar surface area (TPSA) is 83.5 Å². The van der Waals surface area contributed by atoms with Crippen LogP contribution in [0.25, 0.3) is 0 Å². The van der Waals surface area contributed by atoms with Gasteiger partial charge < -0.3 is 10.4 Å². The number of Topliss-reactive ketones (excluding diaryl/α,β-unsaturated/α-hetero) is 1. The van der Waals surface area contributed by atoms with Crippen molar-refractivity contribution in [3.8, 4) is 0 Å². The fraction of sp³-hybridized carbons (Fsp3) is 0.118. The van der Waals surface area contributed by atoms with Crippen LogP contribution in [-0.4, -0.2) is 22.8 Å². The third-order valence-electron chi connectivity index (χ3n) is 3.26. The van der Waals surface area contributed by atoms with Crippen LogP contribution in [0.5, 0.6) is 0 Å². The van der Waals surface area contributed by atoms with Gasteiger partial charge in [0.25, 0.3) is 5.91 Å². The number of halogens is 1. The molecule has 2 aromatic carbocycles. The normalized spacial score (nSPS) is 10.2. The maximum absolute atomic E-state index is 12.3. The van der Waals surface area contributed by atoms with Gasteiger partial charge >= 0.3 is 5.97 Å². The predicted octanol–water partition coefficient (Wildman–Crippen LogP) is 3.17. The summed E-state index contributed by atoms with van der Waals surface area (Å²) in [6.07, 6.45) is 0. The second-order valence-corrected chi connectivity index (χ2v) is 5.37. The SMILES string of the molecule is CC(=O)c1ccc(Cl)cc1C(=O)NCc1ccc(C(=O)O)cc1. The van der Waals surface area contributed by atoms with E-state index in [1.807, 2.05) is 0 Å². The van der Waals surface area contributed by atoms with E-state index in [0.717, 1.165) is 5.56 Å². The highest BCUT2D eigenvalue weighted by molar-refractivity contribution is 6.31. The molecule has 1 amide bonds. The fourth-order valence-corrected chi connectivity index (χ4v) is 2.23. The first-order chi connectivity index (χ1) is 10.9. The lowest BCUT2D eigenvalue weighted by atomic mass is 10.0. The molecule has 5 nitrogen and oxygen atoms in total. The summed E-state index contributed by atoms with van der Waals surface area (Å²) in [6, 6.07) is 10.7. The van der Waals surface area contributed by atoms with Gasteiger partial charge in [-0.25, -0.2) is 4.79 Å². The van der Waals surface area contributed by atoms with E-state index in [2.05, 4.69) is 5.32 Å². The van der Waals surface area contributed by atoms with E-state index in [4.69, 9.17) is 16.7 Å². The highest BCUT2D eigenvalue weighted by atomic mass is 35.5. The standard InChI is InChI=1S/C17H14ClNO4/c1-10(20)14-7-6-13(18)8-15(14)16(21)19-9-11-2-4-12(5-3-11)17(22)23/h2-8H,9H2,1H3,(H,19,21)(H,22,23). The molecule has 0 radical (unpaired) electrons. The van der Waals surface area contributed by atoms with Gasteiger partial charge in [0.2, 0.25) is 0 Å². The zero-order chi connectivity index (χ0) is 17.0. The van der Waals surface area contributed by atoms with Gasteiger partial charge in [-0.3, -0.25) is 9.59 Å². The van der Waals surface area contributed by atoms with Crippen molar-refractivity contribution >= 4 is 29.3 Å². The molecule has 0 aromatic heterocycles. The Kier molecular flexibility index (Phi) is 5.13. The molecule has 0 saturated carbocycles. The van der Waals surface area contributed by atoms with Crippen molar-refractivity contribution in [1.82, 2.24) is 5.32 Å². The molecule has 0 heterocycles. The Morgan fingerprint density at radius 3 is 2.26 bits per heavy atom. The summed E-state index contributed by atoms with van der Waals surface area (Å²) in [6.45, 7) is 1.59. The van der Waals surface area contributed by atoms with E-state index in [1.54, 1.807) is 18.2 Å². The maximum Gasteiger partial charge on any atom is 0.335 e. The summed E-state index contributed by atoms with van der Waals surface area (Å²) in [5.41, 5.74) is 1.43. The zero-order valence-electron chi connectivity index (χ0n) is 12.3. The number of hydrogen-bond donors (Lipinski definition) is 2. The maximum atomic E-state index is 12.3. The van der Waals surface area contributed by atoms with Gasteiger partial charge in [0.15, 0.2) is 5.78 Å². The Morgan fingerprint density at radius 1 is 1.04 bits per heavy atom. The van der Waals surface area contributed by atoms with Crippen molar-refractivity contribution in [3.63, 3.8) is 0 Å². The lowest BCUT2D eigenvalue weighted by molar-refractivity contribution is 0.0696. The Balaban J connectivity index is 2.12. The average Bonchev–Trinajstić information content (AvgIpc) is 2.52. The van der Waals surface area contributed by atoms with Crippen LogP contribution in [-0.2, 0) is 6.54 Å².